The van der Waals surface area contributed by atoms with Crippen LogP contribution in [0.3, 0.4) is 0 Å². The highest BCUT2D eigenvalue weighted by atomic mass is 16.7. The van der Waals surface area contributed by atoms with Crippen LogP contribution in [0.1, 0.15) is 12.8 Å². The molecule has 114 valence electrons. The molecule has 0 spiro atoms. The van der Waals surface area contributed by atoms with Gasteiger partial charge in [-0.1, -0.05) is 6.58 Å². The number of carbonyl (C=O) groups excluding carboxylic acids is 2. The van der Waals surface area contributed by atoms with Gasteiger partial charge in [-0.2, -0.15) is 0 Å². The molecule has 0 aromatic heterocycles. The van der Waals surface area contributed by atoms with Crippen LogP contribution in [0.2, 0.25) is 0 Å². The summed E-state index contributed by atoms with van der Waals surface area (Å²) in [6.07, 6.45) is 1.53. The molecule has 21 heavy (non-hydrogen) atoms. The van der Waals surface area contributed by atoms with Gasteiger partial charge < -0.3 is 19.5 Å². The monoisotopic (exact) mass is 293 g/mol. The minimum absolute atomic E-state index is 0.207. The molecule has 0 unspecified atom stereocenters. The molecule has 1 aromatic carbocycles. The van der Waals surface area contributed by atoms with Gasteiger partial charge in [-0.3, -0.25) is 0 Å². The number of hydrogen-bond donors (Lipinski definition) is 1. The second-order valence-electron chi connectivity index (χ2n) is 4.05. The minimum atomic E-state index is -0.754. The Hall–Kier alpha value is -2.50. The van der Waals surface area contributed by atoms with E-state index < -0.39 is 12.1 Å². The van der Waals surface area contributed by atoms with Crippen LogP contribution in [0.25, 0.3) is 0 Å². The van der Waals surface area contributed by atoms with Crippen LogP contribution in [-0.4, -0.2) is 32.4 Å². The van der Waals surface area contributed by atoms with E-state index in [1.54, 1.807) is 31.3 Å². The summed E-state index contributed by atoms with van der Waals surface area (Å²) in [5.74, 6) is -0.0424. The molecule has 0 aliphatic carbocycles. The molecule has 0 fully saturated rings. The van der Waals surface area contributed by atoms with Crippen molar-refractivity contribution in [1.29, 1.82) is 0 Å². The van der Waals surface area contributed by atoms with E-state index in [9.17, 15) is 9.59 Å². The summed E-state index contributed by atoms with van der Waals surface area (Å²) in [6, 6.07) is 6.91. The highest BCUT2D eigenvalue weighted by Gasteiger charge is 2.05. The maximum atomic E-state index is 11.4. The van der Waals surface area contributed by atoms with Gasteiger partial charge in [-0.25, -0.2) is 9.59 Å². The predicted octanol–water partition coefficient (Wildman–Crippen LogP) is 2.75. The summed E-state index contributed by atoms with van der Waals surface area (Å²) in [6.45, 7) is 3.77. The normalized spacial score (nSPS) is 9.57. The fourth-order valence-corrected chi connectivity index (χ4v) is 1.41. The van der Waals surface area contributed by atoms with Crippen molar-refractivity contribution in [2.45, 2.75) is 12.8 Å². The Morgan fingerprint density at radius 2 is 1.76 bits per heavy atom. The lowest BCUT2D eigenvalue weighted by Crippen LogP contribution is -2.12. The van der Waals surface area contributed by atoms with Crippen LogP contribution >= 0.6 is 0 Å². The highest BCUT2D eigenvalue weighted by molar-refractivity contribution is 5.81. The van der Waals surface area contributed by atoms with E-state index in [-0.39, 0.29) is 13.2 Å². The van der Waals surface area contributed by atoms with Crippen LogP contribution < -0.4 is 10.1 Å². The Balaban J connectivity index is 2.13. The van der Waals surface area contributed by atoms with Crippen LogP contribution in [0.4, 0.5) is 10.5 Å². The number of anilines is 1. The van der Waals surface area contributed by atoms with Crippen LogP contribution in [0, 0.1) is 0 Å². The number of rotatable bonds is 8. The van der Waals surface area contributed by atoms with Crippen molar-refractivity contribution < 1.29 is 23.8 Å². The molecule has 0 aliphatic heterocycles. The lowest BCUT2D eigenvalue weighted by Gasteiger charge is -2.07. The second-order valence-corrected chi connectivity index (χ2v) is 4.05. The van der Waals surface area contributed by atoms with Crippen molar-refractivity contribution in [2.24, 2.45) is 0 Å². The lowest BCUT2D eigenvalue weighted by molar-refractivity contribution is -0.137. The van der Waals surface area contributed by atoms with Crippen LogP contribution in [0.5, 0.6) is 5.75 Å². The standard InChI is InChI=1S/C15H19NO5/c1-3-14(17)19-10-4-5-11-20-15(18)21-13-8-6-12(16-2)7-9-13/h3,6-9,16H,1,4-5,10-11H2,2H3. The van der Waals surface area contributed by atoms with Crippen LogP contribution in [0.15, 0.2) is 36.9 Å². The molecule has 0 saturated carbocycles. The van der Waals surface area contributed by atoms with Gasteiger partial charge in [0.2, 0.25) is 0 Å². The van der Waals surface area contributed by atoms with Crippen molar-refractivity contribution >= 4 is 17.8 Å². The quantitative estimate of drug-likeness (QED) is 0.344. The summed E-state index contributed by atoms with van der Waals surface area (Å²) in [5.41, 5.74) is 0.921. The number of esters is 1. The second kappa shape index (κ2) is 9.41. The van der Waals surface area contributed by atoms with Gasteiger partial charge in [-0.05, 0) is 37.1 Å². The van der Waals surface area contributed by atoms with E-state index in [1.807, 2.05) is 0 Å². The van der Waals surface area contributed by atoms with E-state index in [0.29, 0.717) is 18.6 Å². The Bertz CT molecular complexity index is 469. The van der Waals surface area contributed by atoms with Crippen molar-refractivity contribution in [1.82, 2.24) is 0 Å². The van der Waals surface area contributed by atoms with E-state index >= 15 is 0 Å². The fraction of sp³-hybridized carbons (Fsp3) is 0.333. The molecule has 6 heteroatoms. The first kappa shape index (κ1) is 16.6. The number of carbonyl (C=O) groups is 2. The van der Waals surface area contributed by atoms with Crippen molar-refractivity contribution in [2.75, 3.05) is 25.6 Å². The Morgan fingerprint density at radius 3 is 2.33 bits per heavy atom. The largest absolute Gasteiger partial charge is 0.513 e. The molecular weight excluding hydrogens is 274 g/mol. The number of hydrogen-bond acceptors (Lipinski definition) is 6. The first-order chi connectivity index (χ1) is 10.2. The van der Waals surface area contributed by atoms with Crippen LogP contribution in [-0.2, 0) is 14.3 Å². The zero-order chi connectivity index (χ0) is 15.5. The first-order valence-electron chi connectivity index (χ1n) is 6.57. The average molecular weight is 293 g/mol. The number of nitrogens with one attached hydrogen (secondary N) is 1. The zero-order valence-electron chi connectivity index (χ0n) is 12.0. The predicted molar refractivity (Wildman–Crippen MR) is 78.4 cm³/mol. The first-order valence-corrected chi connectivity index (χ1v) is 6.57. The third-order valence-corrected chi connectivity index (χ3v) is 2.51. The average Bonchev–Trinajstić information content (AvgIpc) is 2.51. The van der Waals surface area contributed by atoms with E-state index in [1.165, 1.54) is 0 Å². The maximum absolute atomic E-state index is 11.4. The SMILES string of the molecule is C=CC(=O)OCCCCOC(=O)Oc1ccc(NC)cc1. The molecule has 1 aromatic rings. The summed E-state index contributed by atoms with van der Waals surface area (Å²) in [7, 11) is 1.80. The van der Waals surface area contributed by atoms with Gasteiger partial charge in [0.15, 0.2) is 0 Å². The van der Waals surface area contributed by atoms with Crippen molar-refractivity contribution in [3.63, 3.8) is 0 Å². The highest BCUT2D eigenvalue weighted by Crippen LogP contribution is 2.15. The van der Waals surface area contributed by atoms with E-state index in [4.69, 9.17) is 14.2 Å². The Kier molecular flexibility index (Phi) is 7.42. The topological polar surface area (TPSA) is 73.9 Å². The molecular formula is C15H19NO5. The third kappa shape index (κ3) is 7.00. The van der Waals surface area contributed by atoms with Crippen molar-refractivity contribution in [3.05, 3.63) is 36.9 Å². The smallest absolute Gasteiger partial charge is 0.463 e. The summed E-state index contributed by atoms with van der Waals surface area (Å²) in [5, 5.41) is 2.96. The lowest BCUT2D eigenvalue weighted by atomic mass is 10.3. The van der Waals surface area contributed by atoms with Gasteiger partial charge >= 0.3 is 12.1 Å². The third-order valence-electron chi connectivity index (χ3n) is 2.51. The van der Waals surface area contributed by atoms with Gasteiger partial charge in [0.05, 0.1) is 13.2 Å². The number of unbranched alkanes of at least 4 members (excludes halogenated alkanes) is 1. The fourth-order valence-electron chi connectivity index (χ4n) is 1.41. The van der Waals surface area contributed by atoms with E-state index in [0.717, 1.165) is 11.8 Å². The molecule has 0 bridgehead atoms. The summed E-state index contributed by atoms with van der Waals surface area (Å²) >= 11 is 0. The molecule has 0 aliphatic rings. The molecule has 0 saturated heterocycles. The molecule has 1 rings (SSSR count). The molecule has 0 radical (unpaired) electrons. The molecule has 0 amide bonds. The van der Waals surface area contributed by atoms with Gasteiger partial charge in [0.25, 0.3) is 0 Å². The maximum Gasteiger partial charge on any atom is 0.513 e. The molecule has 1 N–H and O–H groups in total. The molecule has 0 heterocycles. The minimum Gasteiger partial charge on any atom is -0.463 e. The summed E-state index contributed by atoms with van der Waals surface area (Å²) < 4.78 is 14.7. The summed E-state index contributed by atoms with van der Waals surface area (Å²) in [4.78, 5) is 22.1. The van der Waals surface area contributed by atoms with Gasteiger partial charge in [-0.15, -0.1) is 0 Å². The number of benzene rings is 1. The van der Waals surface area contributed by atoms with Crippen molar-refractivity contribution in [3.8, 4) is 5.75 Å². The molecule has 0 atom stereocenters. The Morgan fingerprint density at radius 1 is 1.14 bits per heavy atom. The van der Waals surface area contributed by atoms with Gasteiger partial charge in [0.1, 0.15) is 5.75 Å². The van der Waals surface area contributed by atoms with E-state index in [2.05, 4.69) is 11.9 Å². The number of ether oxygens (including phenoxy) is 3. The molecule has 6 nitrogen and oxygen atoms in total. The van der Waals surface area contributed by atoms with Gasteiger partial charge in [0, 0.05) is 18.8 Å². The zero-order valence-corrected chi connectivity index (χ0v) is 12.0. The Labute approximate surface area is 123 Å².